The summed E-state index contributed by atoms with van der Waals surface area (Å²) in [6.45, 7) is 3.28. The van der Waals surface area contributed by atoms with Gasteiger partial charge in [0.1, 0.15) is 0 Å². The average molecular weight is 311 g/mol. The maximum Gasteiger partial charge on any atom is 0.281 e. The van der Waals surface area contributed by atoms with Gasteiger partial charge in [0.05, 0.1) is 0 Å². The van der Waals surface area contributed by atoms with Crippen molar-refractivity contribution in [2.45, 2.75) is 25.7 Å². The zero-order chi connectivity index (χ0) is 13.9. The molecule has 5 nitrogen and oxygen atoms in total. The van der Waals surface area contributed by atoms with Crippen LogP contribution in [0.3, 0.4) is 0 Å². The van der Waals surface area contributed by atoms with Crippen molar-refractivity contribution in [3.8, 4) is 0 Å². The zero-order valence-corrected chi connectivity index (χ0v) is 13.0. The van der Waals surface area contributed by atoms with Crippen molar-refractivity contribution >= 4 is 21.8 Å². The molecule has 112 valence electrons. The van der Waals surface area contributed by atoms with E-state index in [0.717, 1.165) is 32.5 Å². The van der Waals surface area contributed by atoms with E-state index in [1.165, 1.54) is 4.31 Å². The van der Waals surface area contributed by atoms with Crippen molar-refractivity contribution in [3.05, 3.63) is 0 Å². The summed E-state index contributed by atoms with van der Waals surface area (Å²) in [5.74, 6) is 0.487. The fourth-order valence-corrected chi connectivity index (χ4v) is 4.53. The number of alkyl halides is 1. The molecular weight excluding hydrogens is 288 g/mol. The third kappa shape index (κ3) is 3.42. The number of hydrogen-bond donors (Lipinski definition) is 0. The Hall–Kier alpha value is 0.120. The third-order valence-corrected chi connectivity index (χ3v) is 6.49. The molecule has 0 aromatic carbocycles. The Bertz CT molecular complexity index is 396. The summed E-state index contributed by atoms with van der Waals surface area (Å²) in [6, 6.07) is 0. The molecule has 0 saturated carbocycles. The summed E-state index contributed by atoms with van der Waals surface area (Å²) in [5.41, 5.74) is 0.151. The van der Waals surface area contributed by atoms with Gasteiger partial charge in [-0.1, -0.05) is 0 Å². The quantitative estimate of drug-likeness (QED) is 0.719. The van der Waals surface area contributed by atoms with Crippen molar-refractivity contribution in [1.29, 1.82) is 0 Å². The number of ether oxygens (including phenoxy) is 1. The molecule has 0 N–H and O–H groups in total. The molecule has 2 aliphatic heterocycles. The van der Waals surface area contributed by atoms with Gasteiger partial charge in [-0.15, -0.1) is 11.6 Å². The predicted octanol–water partition coefficient (Wildman–Crippen LogP) is 1.29. The van der Waals surface area contributed by atoms with Crippen LogP contribution in [0.4, 0.5) is 0 Å². The Morgan fingerprint density at radius 1 is 1.32 bits per heavy atom. The first-order valence-electron chi connectivity index (χ1n) is 6.85. The lowest BCUT2D eigenvalue weighted by Crippen LogP contribution is -2.43. The Kier molecular flexibility index (Phi) is 5.11. The molecule has 2 rings (SSSR count). The van der Waals surface area contributed by atoms with Crippen LogP contribution in [0, 0.1) is 5.41 Å². The summed E-state index contributed by atoms with van der Waals surface area (Å²) < 4.78 is 33.3. The Morgan fingerprint density at radius 2 is 2.00 bits per heavy atom. The monoisotopic (exact) mass is 310 g/mol. The fraction of sp³-hybridized carbons (Fsp3) is 1.00. The lowest BCUT2D eigenvalue weighted by atomic mass is 9.80. The molecule has 2 aliphatic rings. The molecule has 0 unspecified atom stereocenters. The molecule has 7 heteroatoms. The predicted molar refractivity (Wildman–Crippen MR) is 75.6 cm³/mol. The SMILES string of the molecule is CN(CCCCl)S(=O)(=O)N1CCC2(CCOCC2)C1. The van der Waals surface area contributed by atoms with Crippen LogP contribution in [0.1, 0.15) is 25.7 Å². The molecule has 2 fully saturated rings. The number of halogens is 1. The molecular formula is C12H23ClN2O3S. The Morgan fingerprint density at radius 3 is 2.63 bits per heavy atom. The number of hydrogen-bond acceptors (Lipinski definition) is 3. The molecule has 0 radical (unpaired) electrons. The summed E-state index contributed by atoms with van der Waals surface area (Å²) in [6.07, 6.45) is 3.60. The van der Waals surface area contributed by atoms with Crippen molar-refractivity contribution in [2.75, 3.05) is 45.8 Å². The van der Waals surface area contributed by atoms with Gasteiger partial charge in [0, 0.05) is 45.8 Å². The van der Waals surface area contributed by atoms with E-state index in [1.807, 2.05) is 0 Å². The average Bonchev–Trinajstić information content (AvgIpc) is 2.81. The van der Waals surface area contributed by atoms with Crippen LogP contribution >= 0.6 is 11.6 Å². The van der Waals surface area contributed by atoms with Crippen LogP contribution in [0.25, 0.3) is 0 Å². The molecule has 2 saturated heterocycles. The highest BCUT2D eigenvalue weighted by Gasteiger charge is 2.44. The van der Waals surface area contributed by atoms with Crippen LogP contribution < -0.4 is 0 Å². The van der Waals surface area contributed by atoms with Gasteiger partial charge in [-0.25, -0.2) is 0 Å². The second-order valence-electron chi connectivity index (χ2n) is 5.57. The van der Waals surface area contributed by atoms with E-state index in [9.17, 15) is 8.42 Å². The Labute approximate surface area is 121 Å². The van der Waals surface area contributed by atoms with E-state index in [-0.39, 0.29) is 5.41 Å². The summed E-state index contributed by atoms with van der Waals surface area (Å²) >= 11 is 5.62. The smallest absolute Gasteiger partial charge is 0.281 e. The molecule has 0 aromatic heterocycles. The van der Waals surface area contributed by atoms with Gasteiger partial charge in [-0.05, 0) is 31.1 Å². The minimum atomic E-state index is -3.32. The van der Waals surface area contributed by atoms with Crippen molar-refractivity contribution in [1.82, 2.24) is 8.61 Å². The third-order valence-electron chi connectivity index (χ3n) is 4.28. The Balaban J connectivity index is 1.98. The minimum Gasteiger partial charge on any atom is -0.381 e. The first-order chi connectivity index (χ1) is 9.00. The number of nitrogens with zero attached hydrogens (tertiary/aromatic N) is 2. The molecule has 0 aliphatic carbocycles. The van der Waals surface area contributed by atoms with Crippen molar-refractivity contribution in [2.24, 2.45) is 5.41 Å². The minimum absolute atomic E-state index is 0.151. The van der Waals surface area contributed by atoms with Crippen molar-refractivity contribution in [3.63, 3.8) is 0 Å². The fourth-order valence-electron chi connectivity index (χ4n) is 2.90. The van der Waals surface area contributed by atoms with Gasteiger partial charge in [0.15, 0.2) is 0 Å². The molecule has 0 bridgehead atoms. The molecule has 0 amide bonds. The van der Waals surface area contributed by atoms with Crippen LogP contribution in [-0.2, 0) is 14.9 Å². The van der Waals surface area contributed by atoms with Gasteiger partial charge in [-0.2, -0.15) is 17.0 Å². The van der Waals surface area contributed by atoms with Crippen LogP contribution in [-0.4, -0.2) is 62.8 Å². The van der Waals surface area contributed by atoms with Gasteiger partial charge < -0.3 is 4.74 Å². The summed E-state index contributed by atoms with van der Waals surface area (Å²) in [4.78, 5) is 0. The van der Waals surface area contributed by atoms with Gasteiger partial charge in [0.25, 0.3) is 10.2 Å². The van der Waals surface area contributed by atoms with E-state index in [1.54, 1.807) is 11.4 Å². The summed E-state index contributed by atoms with van der Waals surface area (Å²) in [7, 11) is -1.68. The van der Waals surface area contributed by atoms with E-state index in [2.05, 4.69) is 0 Å². The van der Waals surface area contributed by atoms with Crippen LogP contribution in [0.5, 0.6) is 0 Å². The second-order valence-corrected chi connectivity index (χ2v) is 7.98. The number of rotatable bonds is 5. The van der Waals surface area contributed by atoms with E-state index < -0.39 is 10.2 Å². The standard InChI is InChI=1S/C12H23ClN2O3S/c1-14(7-2-6-13)19(16,17)15-8-3-12(11-15)4-9-18-10-5-12/h2-11H2,1H3. The lowest BCUT2D eigenvalue weighted by Gasteiger charge is -2.33. The lowest BCUT2D eigenvalue weighted by molar-refractivity contribution is 0.0221. The molecule has 1 spiro atoms. The normalized spacial score (nSPS) is 24.4. The van der Waals surface area contributed by atoms with E-state index >= 15 is 0 Å². The molecule has 19 heavy (non-hydrogen) atoms. The molecule has 0 aromatic rings. The van der Waals surface area contributed by atoms with Gasteiger partial charge >= 0.3 is 0 Å². The highest BCUT2D eigenvalue weighted by Crippen LogP contribution is 2.40. The van der Waals surface area contributed by atoms with Gasteiger partial charge in [-0.3, -0.25) is 0 Å². The van der Waals surface area contributed by atoms with Crippen LogP contribution in [0.2, 0.25) is 0 Å². The van der Waals surface area contributed by atoms with E-state index in [4.69, 9.17) is 16.3 Å². The largest absolute Gasteiger partial charge is 0.381 e. The highest BCUT2D eigenvalue weighted by atomic mass is 35.5. The first-order valence-corrected chi connectivity index (χ1v) is 8.78. The topological polar surface area (TPSA) is 49.9 Å². The molecule has 2 heterocycles. The zero-order valence-electron chi connectivity index (χ0n) is 11.5. The van der Waals surface area contributed by atoms with Crippen molar-refractivity contribution < 1.29 is 13.2 Å². The maximum absolute atomic E-state index is 12.4. The molecule has 0 atom stereocenters. The van der Waals surface area contributed by atoms with E-state index in [0.29, 0.717) is 31.9 Å². The van der Waals surface area contributed by atoms with Gasteiger partial charge in [0.2, 0.25) is 0 Å². The first kappa shape index (κ1) is 15.5. The second kappa shape index (κ2) is 6.26. The van der Waals surface area contributed by atoms with Crippen LogP contribution in [0.15, 0.2) is 0 Å². The summed E-state index contributed by atoms with van der Waals surface area (Å²) in [5, 5.41) is 0. The maximum atomic E-state index is 12.4. The highest BCUT2D eigenvalue weighted by molar-refractivity contribution is 7.86.